The molecule has 3 N–H and O–H groups in total. The minimum atomic E-state index is -0.287. The van der Waals surface area contributed by atoms with Crippen LogP contribution < -0.4 is 20.9 Å². The molecule has 5 nitrogen and oxygen atoms in total. The van der Waals surface area contributed by atoms with Crippen molar-refractivity contribution in [2.24, 2.45) is 5.92 Å². The Morgan fingerprint density at radius 1 is 1.21 bits per heavy atom. The molecule has 0 saturated carbocycles. The van der Waals surface area contributed by atoms with Gasteiger partial charge in [0.1, 0.15) is 11.6 Å². The van der Waals surface area contributed by atoms with Gasteiger partial charge < -0.3 is 10.1 Å². The van der Waals surface area contributed by atoms with Crippen LogP contribution in [0.25, 0.3) is 0 Å². The van der Waals surface area contributed by atoms with Crippen LogP contribution in [0.15, 0.2) is 48.5 Å². The van der Waals surface area contributed by atoms with Crippen molar-refractivity contribution in [3.8, 4) is 5.75 Å². The lowest BCUT2D eigenvalue weighted by Crippen LogP contribution is -2.34. The standard InChI is InChI=1S/C18H20FN3O2/c1-24-15-8-2-12(3-9-15)10-20-18(23)16-11-21-22-17(16)13-4-6-14(19)7-5-13/h2-9,16-17,21-22H,10-11H2,1H3,(H,20,23). The van der Waals surface area contributed by atoms with Gasteiger partial charge in [0.15, 0.2) is 0 Å². The molecule has 126 valence electrons. The highest BCUT2D eigenvalue weighted by Crippen LogP contribution is 2.25. The molecule has 0 spiro atoms. The second kappa shape index (κ2) is 7.42. The maximum atomic E-state index is 13.1. The number of hydrazine groups is 1. The van der Waals surface area contributed by atoms with E-state index in [1.165, 1.54) is 12.1 Å². The van der Waals surface area contributed by atoms with E-state index in [1.54, 1.807) is 19.2 Å². The quantitative estimate of drug-likeness (QED) is 0.784. The lowest BCUT2D eigenvalue weighted by atomic mass is 9.94. The normalized spacial score (nSPS) is 19.9. The third-order valence-electron chi connectivity index (χ3n) is 4.17. The van der Waals surface area contributed by atoms with Crippen LogP contribution >= 0.6 is 0 Å². The summed E-state index contributed by atoms with van der Waals surface area (Å²) in [5, 5.41) is 2.96. The summed E-state index contributed by atoms with van der Waals surface area (Å²) in [6.07, 6.45) is 0. The molecule has 1 aliphatic rings. The van der Waals surface area contributed by atoms with Gasteiger partial charge in [-0.25, -0.2) is 9.82 Å². The van der Waals surface area contributed by atoms with Crippen molar-refractivity contribution in [1.29, 1.82) is 0 Å². The molecule has 2 atom stereocenters. The lowest BCUT2D eigenvalue weighted by molar-refractivity contribution is -0.125. The number of amides is 1. The molecule has 6 heteroatoms. The molecule has 1 fully saturated rings. The van der Waals surface area contributed by atoms with E-state index in [0.717, 1.165) is 16.9 Å². The van der Waals surface area contributed by atoms with Crippen molar-refractivity contribution in [2.45, 2.75) is 12.6 Å². The Morgan fingerprint density at radius 2 is 1.92 bits per heavy atom. The van der Waals surface area contributed by atoms with Gasteiger partial charge in [0.2, 0.25) is 5.91 Å². The van der Waals surface area contributed by atoms with Crippen LogP contribution in [0.4, 0.5) is 4.39 Å². The van der Waals surface area contributed by atoms with Crippen LogP contribution in [0.2, 0.25) is 0 Å². The SMILES string of the molecule is COc1ccc(CNC(=O)C2CNNC2c2ccc(F)cc2)cc1. The largest absolute Gasteiger partial charge is 0.497 e. The lowest BCUT2D eigenvalue weighted by Gasteiger charge is -2.18. The highest BCUT2D eigenvalue weighted by molar-refractivity contribution is 5.80. The van der Waals surface area contributed by atoms with E-state index in [4.69, 9.17) is 4.74 Å². The predicted octanol–water partition coefficient (Wildman–Crippen LogP) is 1.92. The fraction of sp³-hybridized carbons (Fsp3) is 0.278. The smallest absolute Gasteiger partial charge is 0.226 e. The number of carbonyl (C=O) groups excluding carboxylic acids is 1. The van der Waals surface area contributed by atoms with Crippen molar-refractivity contribution in [2.75, 3.05) is 13.7 Å². The van der Waals surface area contributed by atoms with E-state index >= 15 is 0 Å². The van der Waals surface area contributed by atoms with E-state index in [-0.39, 0.29) is 23.7 Å². The minimum absolute atomic E-state index is 0.0438. The first-order valence-electron chi connectivity index (χ1n) is 7.82. The van der Waals surface area contributed by atoms with E-state index < -0.39 is 0 Å². The average Bonchev–Trinajstić information content (AvgIpc) is 3.10. The summed E-state index contributed by atoms with van der Waals surface area (Å²) in [6, 6.07) is 13.6. The maximum absolute atomic E-state index is 13.1. The Morgan fingerprint density at radius 3 is 2.58 bits per heavy atom. The molecule has 1 saturated heterocycles. The van der Waals surface area contributed by atoms with Crippen LogP contribution in [0.1, 0.15) is 17.2 Å². The Hall–Kier alpha value is -2.44. The van der Waals surface area contributed by atoms with Gasteiger partial charge in [-0.3, -0.25) is 10.2 Å². The molecule has 0 aliphatic carbocycles. The van der Waals surface area contributed by atoms with Gasteiger partial charge in [-0.2, -0.15) is 0 Å². The van der Waals surface area contributed by atoms with Crippen LogP contribution in [0.3, 0.4) is 0 Å². The summed E-state index contributed by atoms with van der Waals surface area (Å²) in [7, 11) is 1.62. The summed E-state index contributed by atoms with van der Waals surface area (Å²) in [6.45, 7) is 0.978. The van der Waals surface area contributed by atoms with E-state index in [0.29, 0.717) is 13.1 Å². The van der Waals surface area contributed by atoms with Gasteiger partial charge in [-0.05, 0) is 35.4 Å². The molecule has 0 radical (unpaired) electrons. The van der Waals surface area contributed by atoms with Gasteiger partial charge in [0, 0.05) is 13.1 Å². The third kappa shape index (κ3) is 3.72. The topological polar surface area (TPSA) is 62.4 Å². The predicted molar refractivity (Wildman–Crippen MR) is 88.6 cm³/mol. The fourth-order valence-electron chi connectivity index (χ4n) is 2.79. The number of nitrogens with one attached hydrogen (secondary N) is 3. The zero-order chi connectivity index (χ0) is 16.9. The molecule has 1 heterocycles. The molecular weight excluding hydrogens is 309 g/mol. The summed E-state index contributed by atoms with van der Waals surface area (Å²) in [5.41, 5.74) is 7.98. The van der Waals surface area contributed by atoms with Gasteiger partial charge in [-0.1, -0.05) is 24.3 Å². The molecule has 1 aliphatic heterocycles. The fourth-order valence-corrected chi connectivity index (χ4v) is 2.79. The van der Waals surface area contributed by atoms with Crippen molar-refractivity contribution < 1.29 is 13.9 Å². The van der Waals surface area contributed by atoms with E-state index in [9.17, 15) is 9.18 Å². The molecule has 3 rings (SSSR count). The monoisotopic (exact) mass is 329 g/mol. The number of halogens is 1. The number of carbonyl (C=O) groups is 1. The summed E-state index contributed by atoms with van der Waals surface area (Å²) in [5.74, 6) is 0.196. The Kier molecular flexibility index (Phi) is 5.08. The Labute approximate surface area is 140 Å². The van der Waals surface area contributed by atoms with Crippen molar-refractivity contribution in [3.05, 3.63) is 65.5 Å². The number of rotatable bonds is 5. The van der Waals surface area contributed by atoms with Crippen molar-refractivity contribution in [3.63, 3.8) is 0 Å². The Bertz CT molecular complexity index is 688. The molecule has 2 aromatic rings. The highest BCUT2D eigenvalue weighted by Gasteiger charge is 2.33. The maximum Gasteiger partial charge on any atom is 0.226 e. The third-order valence-corrected chi connectivity index (χ3v) is 4.17. The molecule has 2 aromatic carbocycles. The van der Waals surface area contributed by atoms with Crippen LogP contribution in [-0.4, -0.2) is 19.6 Å². The first-order chi connectivity index (χ1) is 11.7. The molecule has 2 unspecified atom stereocenters. The summed E-state index contributed by atoms with van der Waals surface area (Å²) < 4.78 is 18.2. The summed E-state index contributed by atoms with van der Waals surface area (Å²) in [4.78, 5) is 12.5. The van der Waals surface area contributed by atoms with Crippen LogP contribution in [-0.2, 0) is 11.3 Å². The number of benzene rings is 2. The zero-order valence-electron chi connectivity index (χ0n) is 13.4. The first-order valence-corrected chi connectivity index (χ1v) is 7.82. The van der Waals surface area contributed by atoms with Crippen LogP contribution in [0, 0.1) is 11.7 Å². The summed E-state index contributed by atoms with van der Waals surface area (Å²) >= 11 is 0. The molecular formula is C18H20FN3O2. The van der Waals surface area contributed by atoms with Gasteiger partial charge in [0.25, 0.3) is 0 Å². The Balaban J connectivity index is 1.61. The molecule has 24 heavy (non-hydrogen) atoms. The van der Waals surface area contributed by atoms with Gasteiger partial charge in [-0.15, -0.1) is 0 Å². The van der Waals surface area contributed by atoms with E-state index in [2.05, 4.69) is 16.2 Å². The van der Waals surface area contributed by atoms with Crippen LogP contribution in [0.5, 0.6) is 5.75 Å². The van der Waals surface area contributed by atoms with Gasteiger partial charge in [0.05, 0.1) is 19.1 Å². The molecule has 1 amide bonds. The molecule has 0 aromatic heterocycles. The van der Waals surface area contributed by atoms with Gasteiger partial charge >= 0.3 is 0 Å². The number of hydrogen-bond donors (Lipinski definition) is 3. The first kappa shape index (κ1) is 16.4. The second-order valence-corrected chi connectivity index (χ2v) is 5.73. The number of methoxy groups -OCH3 is 1. The number of hydrogen-bond acceptors (Lipinski definition) is 4. The van der Waals surface area contributed by atoms with Crippen molar-refractivity contribution in [1.82, 2.24) is 16.2 Å². The second-order valence-electron chi connectivity index (χ2n) is 5.73. The zero-order valence-corrected chi connectivity index (χ0v) is 13.4. The van der Waals surface area contributed by atoms with Crippen molar-refractivity contribution >= 4 is 5.91 Å². The molecule has 0 bridgehead atoms. The number of ether oxygens (including phenoxy) is 1. The average molecular weight is 329 g/mol. The minimum Gasteiger partial charge on any atom is -0.497 e. The van der Waals surface area contributed by atoms with E-state index in [1.807, 2.05) is 24.3 Å². The highest BCUT2D eigenvalue weighted by atomic mass is 19.1.